The molecule has 0 aliphatic heterocycles. The summed E-state index contributed by atoms with van der Waals surface area (Å²) in [7, 11) is 0. The molecule has 2 aromatic rings. The summed E-state index contributed by atoms with van der Waals surface area (Å²) in [6.07, 6.45) is 4.17. The van der Waals surface area contributed by atoms with E-state index in [1.807, 2.05) is 12.1 Å². The molecule has 2 aromatic carbocycles. The van der Waals surface area contributed by atoms with Crippen LogP contribution in [0.1, 0.15) is 75.8 Å². The standard InChI is InChI=1S/C25H30F4/c1-3-17(2)4-5-18-6-8-19(9-7-18)20-10-12-21(13-11-20)22-14-15-23(24(26)16-22)25(27,28)29/h10-19H,3-9H2,1-2H3. The predicted molar refractivity (Wildman–Crippen MR) is 110 cm³/mol. The van der Waals surface area contributed by atoms with Crippen LogP contribution in [0.3, 0.4) is 0 Å². The quantitative estimate of drug-likeness (QED) is 0.421. The molecule has 1 unspecified atom stereocenters. The monoisotopic (exact) mass is 406 g/mol. The van der Waals surface area contributed by atoms with Crippen LogP contribution in [0.25, 0.3) is 11.1 Å². The summed E-state index contributed by atoms with van der Waals surface area (Å²) in [6, 6.07) is 11.0. The minimum absolute atomic E-state index is 0.468. The molecule has 29 heavy (non-hydrogen) atoms. The summed E-state index contributed by atoms with van der Waals surface area (Å²) < 4.78 is 52.1. The first-order chi connectivity index (χ1) is 13.8. The van der Waals surface area contributed by atoms with Gasteiger partial charge in [-0.25, -0.2) is 4.39 Å². The molecule has 1 aliphatic carbocycles. The number of halogens is 4. The maximum absolute atomic E-state index is 13.9. The molecule has 0 aromatic heterocycles. The molecule has 1 saturated carbocycles. The van der Waals surface area contributed by atoms with Crippen molar-refractivity contribution >= 4 is 0 Å². The Labute approximate surface area is 171 Å². The molecule has 0 nitrogen and oxygen atoms in total. The Balaban J connectivity index is 1.61. The van der Waals surface area contributed by atoms with Crippen LogP contribution < -0.4 is 0 Å². The molecular formula is C25H30F4. The fraction of sp³-hybridized carbons (Fsp3) is 0.520. The Morgan fingerprint density at radius 1 is 0.931 bits per heavy atom. The SMILES string of the molecule is CCC(C)CCC1CCC(c2ccc(-c3ccc(C(F)(F)F)c(F)c3)cc2)CC1. The smallest absolute Gasteiger partial charge is 0.206 e. The van der Waals surface area contributed by atoms with Crippen molar-refractivity contribution in [1.82, 2.24) is 0 Å². The maximum Gasteiger partial charge on any atom is 0.419 e. The molecule has 158 valence electrons. The van der Waals surface area contributed by atoms with Gasteiger partial charge in [0, 0.05) is 0 Å². The van der Waals surface area contributed by atoms with Gasteiger partial charge in [-0.1, -0.05) is 63.4 Å². The average molecular weight is 407 g/mol. The second kappa shape index (κ2) is 9.32. The van der Waals surface area contributed by atoms with Gasteiger partial charge in [-0.2, -0.15) is 13.2 Å². The Hall–Kier alpha value is -1.84. The lowest BCUT2D eigenvalue weighted by Crippen LogP contribution is -2.14. The Bertz CT molecular complexity index is 783. The summed E-state index contributed by atoms with van der Waals surface area (Å²) in [5.74, 6) is 0.980. The lowest BCUT2D eigenvalue weighted by molar-refractivity contribution is -0.139. The van der Waals surface area contributed by atoms with E-state index in [1.165, 1.54) is 56.6 Å². The fourth-order valence-corrected chi connectivity index (χ4v) is 4.38. The molecule has 0 radical (unpaired) electrons. The van der Waals surface area contributed by atoms with Crippen molar-refractivity contribution in [2.75, 3.05) is 0 Å². The van der Waals surface area contributed by atoms with Gasteiger partial charge in [-0.15, -0.1) is 0 Å². The highest BCUT2D eigenvalue weighted by molar-refractivity contribution is 5.64. The van der Waals surface area contributed by atoms with Crippen molar-refractivity contribution in [3.05, 3.63) is 59.4 Å². The summed E-state index contributed by atoms with van der Waals surface area (Å²) in [5, 5.41) is 0. The van der Waals surface area contributed by atoms with Gasteiger partial charge in [0.05, 0.1) is 5.56 Å². The van der Waals surface area contributed by atoms with Crippen LogP contribution in [-0.4, -0.2) is 0 Å². The Morgan fingerprint density at radius 2 is 1.55 bits per heavy atom. The van der Waals surface area contributed by atoms with Crippen LogP contribution in [0.15, 0.2) is 42.5 Å². The number of hydrogen-bond donors (Lipinski definition) is 0. The number of benzene rings is 2. The average Bonchev–Trinajstić information content (AvgIpc) is 2.71. The van der Waals surface area contributed by atoms with Crippen LogP contribution >= 0.6 is 0 Å². The molecule has 1 atom stereocenters. The normalized spacial score (nSPS) is 21.2. The van der Waals surface area contributed by atoms with Gasteiger partial charge >= 0.3 is 6.18 Å². The molecule has 4 heteroatoms. The molecule has 0 N–H and O–H groups in total. The van der Waals surface area contributed by atoms with Gasteiger partial charge < -0.3 is 0 Å². The lowest BCUT2D eigenvalue weighted by Gasteiger charge is -2.29. The summed E-state index contributed by atoms with van der Waals surface area (Å²) in [4.78, 5) is 0. The van der Waals surface area contributed by atoms with Crippen molar-refractivity contribution in [1.29, 1.82) is 0 Å². The van der Waals surface area contributed by atoms with E-state index < -0.39 is 17.6 Å². The molecular weight excluding hydrogens is 376 g/mol. The van der Waals surface area contributed by atoms with Crippen molar-refractivity contribution in [3.8, 4) is 11.1 Å². The highest BCUT2D eigenvalue weighted by Gasteiger charge is 2.34. The Morgan fingerprint density at radius 3 is 2.10 bits per heavy atom. The van der Waals surface area contributed by atoms with Crippen LogP contribution in [-0.2, 0) is 6.18 Å². The van der Waals surface area contributed by atoms with E-state index >= 15 is 0 Å². The van der Waals surface area contributed by atoms with Gasteiger partial charge in [0.15, 0.2) is 0 Å². The molecule has 3 rings (SSSR count). The summed E-state index contributed by atoms with van der Waals surface area (Å²) >= 11 is 0. The molecule has 1 aliphatic rings. The zero-order chi connectivity index (χ0) is 21.0. The molecule has 0 saturated heterocycles. The number of hydrogen-bond acceptors (Lipinski definition) is 0. The zero-order valence-corrected chi connectivity index (χ0v) is 17.2. The first-order valence-electron chi connectivity index (χ1n) is 10.7. The van der Waals surface area contributed by atoms with Crippen LogP contribution in [0.4, 0.5) is 17.6 Å². The molecule has 0 heterocycles. The van der Waals surface area contributed by atoms with E-state index in [0.717, 1.165) is 29.5 Å². The third-order valence-corrected chi connectivity index (χ3v) is 6.60. The van der Waals surface area contributed by atoms with E-state index in [9.17, 15) is 17.6 Å². The van der Waals surface area contributed by atoms with Gasteiger partial charge in [-0.3, -0.25) is 0 Å². The third kappa shape index (κ3) is 5.61. The van der Waals surface area contributed by atoms with E-state index in [-0.39, 0.29) is 0 Å². The van der Waals surface area contributed by atoms with Crippen LogP contribution in [0.5, 0.6) is 0 Å². The van der Waals surface area contributed by atoms with Gasteiger partial charge in [0.2, 0.25) is 0 Å². The van der Waals surface area contributed by atoms with E-state index in [2.05, 4.69) is 26.0 Å². The van der Waals surface area contributed by atoms with Gasteiger partial charge in [-0.05, 0) is 72.3 Å². The number of rotatable bonds is 6. The molecule has 1 fully saturated rings. The van der Waals surface area contributed by atoms with E-state index in [4.69, 9.17) is 0 Å². The largest absolute Gasteiger partial charge is 0.419 e. The molecule has 0 spiro atoms. The lowest BCUT2D eigenvalue weighted by atomic mass is 9.76. The second-order valence-electron chi connectivity index (χ2n) is 8.62. The summed E-state index contributed by atoms with van der Waals surface area (Å²) in [6.45, 7) is 4.58. The van der Waals surface area contributed by atoms with Crippen LogP contribution in [0, 0.1) is 17.7 Å². The minimum Gasteiger partial charge on any atom is -0.206 e. The predicted octanol–water partition coefficient (Wildman–Crippen LogP) is 8.61. The minimum atomic E-state index is -4.67. The van der Waals surface area contributed by atoms with Crippen molar-refractivity contribution in [2.24, 2.45) is 11.8 Å². The first-order valence-corrected chi connectivity index (χ1v) is 10.7. The van der Waals surface area contributed by atoms with Crippen molar-refractivity contribution < 1.29 is 17.6 Å². The second-order valence-corrected chi connectivity index (χ2v) is 8.62. The highest BCUT2D eigenvalue weighted by Crippen LogP contribution is 2.39. The molecule has 0 amide bonds. The molecule has 0 bridgehead atoms. The summed E-state index contributed by atoms with van der Waals surface area (Å²) in [5.41, 5.74) is 1.27. The fourth-order valence-electron chi connectivity index (χ4n) is 4.38. The van der Waals surface area contributed by atoms with E-state index in [1.54, 1.807) is 0 Å². The van der Waals surface area contributed by atoms with Crippen LogP contribution in [0.2, 0.25) is 0 Å². The van der Waals surface area contributed by atoms with Gasteiger partial charge in [0.1, 0.15) is 5.82 Å². The maximum atomic E-state index is 13.9. The topological polar surface area (TPSA) is 0 Å². The van der Waals surface area contributed by atoms with E-state index in [0.29, 0.717) is 11.5 Å². The van der Waals surface area contributed by atoms with Gasteiger partial charge in [0.25, 0.3) is 0 Å². The Kier molecular flexibility index (Phi) is 7.02. The third-order valence-electron chi connectivity index (χ3n) is 6.60. The first kappa shape index (κ1) is 21.9. The van der Waals surface area contributed by atoms with Crippen molar-refractivity contribution in [3.63, 3.8) is 0 Å². The van der Waals surface area contributed by atoms with Crippen molar-refractivity contribution in [2.45, 2.75) is 70.9 Å². The number of alkyl halides is 3. The zero-order valence-electron chi connectivity index (χ0n) is 17.2. The highest BCUT2D eigenvalue weighted by atomic mass is 19.4.